The minimum absolute atomic E-state index is 0.0731. The van der Waals surface area contributed by atoms with Crippen molar-refractivity contribution in [1.29, 1.82) is 0 Å². The first-order valence-corrected chi connectivity index (χ1v) is 5.24. The van der Waals surface area contributed by atoms with Gasteiger partial charge in [-0.2, -0.15) is 4.98 Å². The average molecular weight is 225 g/mol. The van der Waals surface area contributed by atoms with E-state index in [1.54, 1.807) is 6.92 Å². The summed E-state index contributed by atoms with van der Waals surface area (Å²) in [5, 5.41) is 6.84. The summed E-state index contributed by atoms with van der Waals surface area (Å²) in [6.07, 6.45) is 0.629. The minimum Gasteiger partial charge on any atom is -0.370 e. The van der Waals surface area contributed by atoms with Gasteiger partial charge in [0.05, 0.1) is 0 Å². The van der Waals surface area contributed by atoms with Gasteiger partial charge in [-0.3, -0.25) is 4.99 Å². The van der Waals surface area contributed by atoms with Crippen LogP contribution in [0.5, 0.6) is 0 Å². The zero-order valence-corrected chi connectivity index (χ0v) is 10.2. The van der Waals surface area contributed by atoms with E-state index in [1.165, 1.54) is 0 Å². The molecule has 0 saturated heterocycles. The Kier molecular flexibility index (Phi) is 3.87. The number of nitrogens with two attached hydrogens (primary N) is 1. The first kappa shape index (κ1) is 12.5. The Hall–Kier alpha value is -1.59. The largest absolute Gasteiger partial charge is 0.370 e. The second-order valence-corrected chi connectivity index (χ2v) is 4.62. The van der Waals surface area contributed by atoms with Gasteiger partial charge in [0, 0.05) is 25.4 Å². The number of nitrogens with zero attached hydrogens (tertiary/aromatic N) is 3. The summed E-state index contributed by atoms with van der Waals surface area (Å²) in [7, 11) is 0. The fourth-order valence-electron chi connectivity index (χ4n) is 1.14. The molecule has 1 rings (SSSR count). The summed E-state index contributed by atoms with van der Waals surface area (Å²) in [5.41, 5.74) is 5.63. The minimum atomic E-state index is -0.0731. The van der Waals surface area contributed by atoms with Gasteiger partial charge in [-0.15, -0.1) is 0 Å². The normalized spacial score (nSPS) is 12.9. The number of aromatic nitrogens is 2. The summed E-state index contributed by atoms with van der Waals surface area (Å²) in [6, 6.07) is 0. The molecule has 90 valence electrons. The Bertz CT molecular complexity index is 364. The zero-order chi connectivity index (χ0) is 12.2. The standard InChI is InChI=1S/C10H19N5O/c1-7-13-8(15-16-7)5-6-12-9(11)14-10(2,3)4/h5-6H2,1-4H3,(H3,11,12,14). The van der Waals surface area contributed by atoms with Crippen LogP contribution in [-0.4, -0.2) is 28.2 Å². The SMILES string of the molecule is Cc1nc(CCN=C(N)NC(C)(C)C)no1. The van der Waals surface area contributed by atoms with Crippen molar-refractivity contribution in [2.75, 3.05) is 6.54 Å². The molecule has 6 heteroatoms. The van der Waals surface area contributed by atoms with Crippen molar-refractivity contribution < 1.29 is 4.52 Å². The van der Waals surface area contributed by atoms with Gasteiger partial charge < -0.3 is 15.6 Å². The quantitative estimate of drug-likeness (QED) is 0.581. The maximum atomic E-state index is 5.70. The molecule has 0 radical (unpaired) electrons. The Morgan fingerprint density at radius 2 is 2.19 bits per heavy atom. The van der Waals surface area contributed by atoms with Crippen molar-refractivity contribution in [3.63, 3.8) is 0 Å². The van der Waals surface area contributed by atoms with Crippen molar-refractivity contribution in [3.8, 4) is 0 Å². The summed E-state index contributed by atoms with van der Waals surface area (Å²) >= 11 is 0. The van der Waals surface area contributed by atoms with Gasteiger partial charge in [0.1, 0.15) is 0 Å². The summed E-state index contributed by atoms with van der Waals surface area (Å²) in [6.45, 7) is 8.39. The van der Waals surface area contributed by atoms with Crippen LogP contribution in [0.3, 0.4) is 0 Å². The van der Waals surface area contributed by atoms with E-state index >= 15 is 0 Å². The van der Waals surface area contributed by atoms with Crippen LogP contribution in [0.15, 0.2) is 9.52 Å². The van der Waals surface area contributed by atoms with E-state index in [0.717, 1.165) is 0 Å². The van der Waals surface area contributed by atoms with Gasteiger partial charge in [-0.25, -0.2) is 0 Å². The van der Waals surface area contributed by atoms with Gasteiger partial charge in [0.15, 0.2) is 11.8 Å². The molecule has 0 aliphatic carbocycles. The summed E-state index contributed by atoms with van der Waals surface area (Å²) in [5.74, 6) is 1.66. The van der Waals surface area contributed by atoms with E-state index in [0.29, 0.717) is 30.6 Å². The monoisotopic (exact) mass is 225 g/mol. The first-order chi connectivity index (χ1) is 7.37. The summed E-state index contributed by atoms with van der Waals surface area (Å²) < 4.78 is 4.85. The van der Waals surface area contributed by atoms with E-state index < -0.39 is 0 Å². The summed E-state index contributed by atoms with van der Waals surface area (Å²) in [4.78, 5) is 8.25. The predicted octanol–water partition coefficient (Wildman–Crippen LogP) is 0.623. The second kappa shape index (κ2) is 4.96. The van der Waals surface area contributed by atoms with Crippen molar-refractivity contribution in [2.45, 2.75) is 39.7 Å². The number of hydrogen-bond donors (Lipinski definition) is 2. The molecular formula is C10H19N5O. The molecule has 0 unspecified atom stereocenters. The number of guanidine groups is 1. The molecule has 3 N–H and O–H groups in total. The number of rotatable bonds is 3. The average Bonchev–Trinajstić information content (AvgIpc) is 2.48. The molecule has 0 aromatic carbocycles. The van der Waals surface area contributed by atoms with Crippen LogP contribution in [-0.2, 0) is 6.42 Å². The lowest BCUT2D eigenvalue weighted by atomic mass is 10.1. The smallest absolute Gasteiger partial charge is 0.223 e. The third-order valence-electron chi connectivity index (χ3n) is 1.69. The molecule has 0 saturated carbocycles. The zero-order valence-electron chi connectivity index (χ0n) is 10.2. The van der Waals surface area contributed by atoms with Crippen LogP contribution in [0.25, 0.3) is 0 Å². The van der Waals surface area contributed by atoms with E-state index in [2.05, 4.69) is 20.4 Å². The molecule has 0 aliphatic rings. The highest BCUT2D eigenvalue weighted by Crippen LogP contribution is 1.98. The third kappa shape index (κ3) is 4.77. The third-order valence-corrected chi connectivity index (χ3v) is 1.69. The number of aryl methyl sites for hydroxylation is 1. The van der Waals surface area contributed by atoms with E-state index in [4.69, 9.17) is 10.3 Å². The second-order valence-electron chi connectivity index (χ2n) is 4.62. The van der Waals surface area contributed by atoms with Gasteiger partial charge in [-0.1, -0.05) is 5.16 Å². The van der Waals surface area contributed by atoms with E-state index in [-0.39, 0.29) is 5.54 Å². The lowest BCUT2D eigenvalue weighted by Crippen LogP contribution is -2.45. The molecule has 0 aliphatic heterocycles. The van der Waals surface area contributed by atoms with Gasteiger partial charge in [-0.05, 0) is 20.8 Å². The Labute approximate surface area is 95.3 Å². The maximum Gasteiger partial charge on any atom is 0.223 e. The van der Waals surface area contributed by atoms with Crippen LogP contribution in [0.1, 0.15) is 32.5 Å². The Morgan fingerprint density at radius 3 is 2.69 bits per heavy atom. The van der Waals surface area contributed by atoms with Gasteiger partial charge in [0.25, 0.3) is 0 Å². The fourth-order valence-corrected chi connectivity index (χ4v) is 1.14. The Morgan fingerprint density at radius 1 is 1.50 bits per heavy atom. The fraction of sp³-hybridized carbons (Fsp3) is 0.700. The van der Waals surface area contributed by atoms with Gasteiger partial charge in [0.2, 0.25) is 5.89 Å². The number of aliphatic imine (C=N–C) groups is 1. The lowest BCUT2D eigenvalue weighted by Gasteiger charge is -2.20. The van der Waals surface area contributed by atoms with Crippen molar-refractivity contribution in [1.82, 2.24) is 15.5 Å². The molecule has 0 fully saturated rings. The molecular weight excluding hydrogens is 206 g/mol. The molecule has 1 heterocycles. The van der Waals surface area contributed by atoms with E-state index in [1.807, 2.05) is 20.8 Å². The predicted molar refractivity (Wildman–Crippen MR) is 62.1 cm³/mol. The first-order valence-electron chi connectivity index (χ1n) is 5.24. The van der Waals surface area contributed by atoms with Crippen molar-refractivity contribution >= 4 is 5.96 Å². The van der Waals surface area contributed by atoms with Gasteiger partial charge >= 0.3 is 0 Å². The maximum absolute atomic E-state index is 5.70. The lowest BCUT2D eigenvalue weighted by molar-refractivity contribution is 0.387. The molecule has 6 nitrogen and oxygen atoms in total. The topological polar surface area (TPSA) is 89.3 Å². The molecule has 0 bridgehead atoms. The number of hydrogen-bond acceptors (Lipinski definition) is 4. The van der Waals surface area contributed by atoms with Crippen molar-refractivity contribution in [2.24, 2.45) is 10.7 Å². The highest BCUT2D eigenvalue weighted by molar-refractivity contribution is 5.78. The van der Waals surface area contributed by atoms with Crippen LogP contribution in [0.2, 0.25) is 0 Å². The number of nitrogens with one attached hydrogen (secondary N) is 1. The molecule has 1 aromatic rings. The van der Waals surface area contributed by atoms with Crippen molar-refractivity contribution in [3.05, 3.63) is 11.7 Å². The van der Waals surface area contributed by atoms with Crippen LogP contribution in [0.4, 0.5) is 0 Å². The van der Waals surface area contributed by atoms with Crippen LogP contribution < -0.4 is 11.1 Å². The highest BCUT2D eigenvalue weighted by Gasteiger charge is 2.09. The van der Waals surface area contributed by atoms with Crippen LogP contribution in [0, 0.1) is 6.92 Å². The molecule has 0 amide bonds. The molecule has 1 aromatic heterocycles. The van der Waals surface area contributed by atoms with Crippen LogP contribution >= 0.6 is 0 Å². The molecule has 0 atom stereocenters. The highest BCUT2D eigenvalue weighted by atomic mass is 16.5. The molecule has 16 heavy (non-hydrogen) atoms. The van der Waals surface area contributed by atoms with E-state index in [9.17, 15) is 0 Å². The molecule has 0 spiro atoms. The Balaban J connectivity index is 2.36.